The van der Waals surface area contributed by atoms with Gasteiger partial charge in [-0.1, -0.05) is 58.4 Å². The van der Waals surface area contributed by atoms with E-state index in [4.69, 9.17) is 0 Å². The van der Waals surface area contributed by atoms with Crippen LogP contribution < -0.4 is 5.32 Å². The number of nitrogens with zero attached hydrogens (tertiary/aromatic N) is 2. The van der Waals surface area contributed by atoms with E-state index in [0.29, 0.717) is 0 Å². The highest BCUT2D eigenvalue weighted by atomic mass is 79.9. The van der Waals surface area contributed by atoms with Crippen molar-refractivity contribution in [1.82, 2.24) is 10.3 Å². The van der Waals surface area contributed by atoms with E-state index < -0.39 is 17.5 Å². The Morgan fingerprint density at radius 2 is 1.87 bits per heavy atom. The van der Waals surface area contributed by atoms with Gasteiger partial charge in [-0.25, -0.2) is 4.79 Å². The highest BCUT2D eigenvalue weighted by Crippen LogP contribution is 2.28. The molecule has 1 aliphatic heterocycles. The number of hydrogen-bond acceptors (Lipinski definition) is 3. The Labute approximate surface area is 142 Å². The minimum Gasteiger partial charge on any atom is -0.318 e. The molecule has 3 amide bonds. The van der Waals surface area contributed by atoms with Gasteiger partial charge in [0, 0.05) is 4.47 Å². The smallest absolute Gasteiger partial charge is 0.318 e. The van der Waals surface area contributed by atoms with Gasteiger partial charge < -0.3 is 5.32 Å². The highest BCUT2D eigenvalue weighted by Gasteiger charge is 2.49. The molecule has 5 nitrogen and oxygen atoms in total. The molecule has 0 bridgehead atoms. The van der Waals surface area contributed by atoms with E-state index in [-0.39, 0.29) is 0 Å². The Balaban J connectivity index is 1.87. The molecule has 2 aromatic carbocycles. The molecule has 0 saturated carbocycles. The van der Waals surface area contributed by atoms with Gasteiger partial charge in [0.1, 0.15) is 5.54 Å². The van der Waals surface area contributed by atoms with Gasteiger partial charge in [-0.3, -0.25) is 4.79 Å². The molecule has 1 atom stereocenters. The number of nitrogens with one attached hydrogen (secondary N) is 1. The normalized spacial score (nSPS) is 21.0. The third kappa shape index (κ3) is 2.90. The van der Waals surface area contributed by atoms with Crippen molar-refractivity contribution in [2.24, 2.45) is 5.10 Å². The first kappa shape index (κ1) is 15.4. The van der Waals surface area contributed by atoms with Crippen molar-refractivity contribution in [2.45, 2.75) is 12.5 Å². The van der Waals surface area contributed by atoms with E-state index in [1.807, 2.05) is 42.5 Å². The van der Waals surface area contributed by atoms with Crippen LogP contribution in [0.1, 0.15) is 18.1 Å². The van der Waals surface area contributed by atoms with Crippen LogP contribution in [-0.4, -0.2) is 23.2 Å². The summed E-state index contributed by atoms with van der Waals surface area (Å²) in [6.45, 7) is 1.68. The monoisotopic (exact) mass is 371 g/mol. The fourth-order valence-electron chi connectivity index (χ4n) is 2.41. The second-order valence-electron chi connectivity index (χ2n) is 5.34. The first-order chi connectivity index (χ1) is 11.0. The lowest BCUT2D eigenvalue weighted by Gasteiger charge is -2.20. The fraction of sp³-hybridized carbons (Fsp3) is 0.118. The number of hydrazone groups is 1. The number of rotatable bonds is 3. The summed E-state index contributed by atoms with van der Waals surface area (Å²) in [4.78, 5) is 24.8. The van der Waals surface area contributed by atoms with Crippen LogP contribution in [0.25, 0.3) is 0 Å². The van der Waals surface area contributed by atoms with Crippen LogP contribution in [0.3, 0.4) is 0 Å². The van der Waals surface area contributed by atoms with Gasteiger partial charge in [0.25, 0.3) is 5.91 Å². The Kier molecular flexibility index (Phi) is 4.00. The summed E-state index contributed by atoms with van der Waals surface area (Å²) < 4.78 is 0.896. The standard InChI is InChI=1S/C17H14BrN3O2/c1-17(13-7-3-2-4-8-13)15(22)21(16(23)20-17)19-11-12-6-5-9-14(18)10-12/h2-11H,1H3,(H,20,23)/b19-11-/t17-/m0/s1. The number of imide groups is 1. The van der Waals surface area contributed by atoms with Crippen molar-refractivity contribution >= 4 is 34.1 Å². The number of hydrogen-bond donors (Lipinski definition) is 1. The summed E-state index contributed by atoms with van der Waals surface area (Å²) in [7, 11) is 0. The maximum Gasteiger partial charge on any atom is 0.346 e. The highest BCUT2D eigenvalue weighted by molar-refractivity contribution is 9.10. The van der Waals surface area contributed by atoms with E-state index in [9.17, 15) is 9.59 Å². The number of benzene rings is 2. The largest absolute Gasteiger partial charge is 0.346 e. The molecule has 0 aromatic heterocycles. The lowest BCUT2D eigenvalue weighted by molar-refractivity contribution is -0.131. The molecule has 116 valence electrons. The van der Waals surface area contributed by atoms with E-state index in [0.717, 1.165) is 20.6 Å². The van der Waals surface area contributed by atoms with Crippen LogP contribution in [0, 0.1) is 0 Å². The van der Waals surface area contributed by atoms with Gasteiger partial charge in [0.15, 0.2) is 0 Å². The summed E-state index contributed by atoms with van der Waals surface area (Å²) in [5.41, 5.74) is 0.402. The Bertz CT molecular complexity index is 791. The number of urea groups is 1. The first-order valence-electron chi connectivity index (χ1n) is 7.02. The number of halogens is 1. The summed E-state index contributed by atoms with van der Waals surface area (Å²) in [5.74, 6) is -0.403. The van der Waals surface area contributed by atoms with Crippen molar-refractivity contribution in [3.63, 3.8) is 0 Å². The molecule has 1 N–H and O–H groups in total. The van der Waals surface area contributed by atoms with Crippen molar-refractivity contribution in [2.75, 3.05) is 0 Å². The third-order valence-corrected chi connectivity index (χ3v) is 4.18. The molecule has 1 saturated heterocycles. The molecular formula is C17H14BrN3O2. The maximum atomic E-state index is 12.6. The molecule has 0 unspecified atom stereocenters. The second kappa shape index (κ2) is 5.96. The Hall–Kier alpha value is -2.47. The molecule has 3 rings (SSSR count). The fourth-order valence-corrected chi connectivity index (χ4v) is 2.82. The van der Waals surface area contributed by atoms with Crippen molar-refractivity contribution < 1.29 is 9.59 Å². The van der Waals surface area contributed by atoms with Crippen LogP contribution in [-0.2, 0) is 10.3 Å². The summed E-state index contributed by atoms with van der Waals surface area (Å²) >= 11 is 3.37. The summed E-state index contributed by atoms with van der Waals surface area (Å²) in [5, 5.41) is 7.62. The SMILES string of the molecule is C[C@@]1(c2ccccc2)NC(=O)N(/N=C\c2cccc(Br)c2)C1=O. The lowest BCUT2D eigenvalue weighted by Crippen LogP contribution is -2.40. The lowest BCUT2D eigenvalue weighted by atomic mass is 9.92. The van der Waals surface area contributed by atoms with Crippen LogP contribution in [0.2, 0.25) is 0 Å². The van der Waals surface area contributed by atoms with Crippen LogP contribution in [0.15, 0.2) is 64.2 Å². The van der Waals surface area contributed by atoms with E-state index in [1.165, 1.54) is 6.21 Å². The van der Waals surface area contributed by atoms with Crippen molar-refractivity contribution in [3.8, 4) is 0 Å². The van der Waals surface area contributed by atoms with Crippen molar-refractivity contribution in [1.29, 1.82) is 0 Å². The molecule has 0 aliphatic carbocycles. The zero-order chi connectivity index (χ0) is 16.4. The predicted octanol–water partition coefficient (Wildman–Crippen LogP) is 3.25. The van der Waals surface area contributed by atoms with E-state index in [1.54, 1.807) is 19.1 Å². The van der Waals surface area contributed by atoms with Crippen LogP contribution in [0.4, 0.5) is 4.79 Å². The topological polar surface area (TPSA) is 61.8 Å². The van der Waals surface area contributed by atoms with Gasteiger partial charge in [0.05, 0.1) is 6.21 Å². The summed E-state index contributed by atoms with van der Waals surface area (Å²) in [6.07, 6.45) is 1.49. The van der Waals surface area contributed by atoms with Crippen LogP contribution in [0.5, 0.6) is 0 Å². The molecule has 0 radical (unpaired) electrons. The molecule has 1 heterocycles. The van der Waals surface area contributed by atoms with E-state index in [2.05, 4.69) is 26.3 Å². The number of amides is 3. The van der Waals surface area contributed by atoms with Gasteiger partial charge in [-0.15, -0.1) is 5.01 Å². The predicted molar refractivity (Wildman–Crippen MR) is 90.9 cm³/mol. The first-order valence-corrected chi connectivity index (χ1v) is 7.82. The molecule has 1 fully saturated rings. The van der Waals surface area contributed by atoms with Crippen LogP contribution >= 0.6 is 15.9 Å². The quantitative estimate of drug-likeness (QED) is 0.664. The molecule has 23 heavy (non-hydrogen) atoms. The van der Waals surface area contributed by atoms with Gasteiger partial charge >= 0.3 is 6.03 Å². The van der Waals surface area contributed by atoms with Gasteiger partial charge in [-0.05, 0) is 30.2 Å². The van der Waals surface area contributed by atoms with Crippen molar-refractivity contribution in [3.05, 3.63) is 70.2 Å². The molecule has 6 heteroatoms. The number of carbonyl (C=O) groups excluding carboxylic acids is 2. The van der Waals surface area contributed by atoms with Gasteiger partial charge in [0.2, 0.25) is 0 Å². The molecular weight excluding hydrogens is 358 g/mol. The minimum atomic E-state index is -1.10. The van der Waals surface area contributed by atoms with E-state index >= 15 is 0 Å². The number of carbonyl (C=O) groups is 2. The second-order valence-corrected chi connectivity index (χ2v) is 6.25. The summed E-state index contributed by atoms with van der Waals surface area (Å²) in [6, 6.07) is 16.0. The zero-order valence-corrected chi connectivity index (χ0v) is 13.9. The molecule has 1 aliphatic rings. The Morgan fingerprint density at radius 3 is 2.57 bits per heavy atom. The average molecular weight is 372 g/mol. The Morgan fingerprint density at radius 1 is 1.13 bits per heavy atom. The molecule has 2 aromatic rings. The average Bonchev–Trinajstić information content (AvgIpc) is 2.77. The maximum absolute atomic E-state index is 12.6. The van der Waals surface area contributed by atoms with Gasteiger partial charge in [-0.2, -0.15) is 5.10 Å². The minimum absolute atomic E-state index is 0.403. The zero-order valence-electron chi connectivity index (χ0n) is 12.4. The molecule has 0 spiro atoms. The third-order valence-electron chi connectivity index (χ3n) is 3.69.